The van der Waals surface area contributed by atoms with Gasteiger partial charge in [-0.3, -0.25) is 0 Å². The van der Waals surface area contributed by atoms with Crippen molar-refractivity contribution in [2.75, 3.05) is 5.32 Å². The Kier molecular flexibility index (Phi) is 4.63. The van der Waals surface area contributed by atoms with Gasteiger partial charge in [0.15, 0.2) is 0 Å². The van der Waals surface area contributed by atoms with Gasteiger partial charge in [0.1, 0.15) is 5.75 Å². The van der Waals surface area contributed by atoms with Crippen LogP contribution in [-0.2, 0) is 6.54 Å². The lowest BCUT2D eigenvalue weighted by molar-refractivity contribution is -0.274. The number of ether oxygens (including phenoxy) is 1. The normalized spacial score (nSPS) is 11.3. The highest BCUT2D eigenvalue weighted by Gasteiger charge is 2.30. The molecule has 0 fully saturated rings. The zero-order valence-corrected chi connectivity index (χ0v) is 11.9. The van der Waals surface area contributed by atoms with E-state index in [9.17, 15) is 13.2 Å². The topological polar surface area (TPSA) is 21.3 Å². The standard InChI is InChI=1S/C15H13ClF3NO/c1-10-8-12(16)4-7-14(10)20-9-11-2-5-13(6-3-11)21-15(17,18)19/h2-8,20H,9H2,1H3. The van der Waals surface area contributed by atoms with Crippen molar-refractivity contribution in [3.8, 4) is 5.75 Å². The molecule has 2 aromatic rings. The molecular weight excluding hydrogens is 303 g/mol. The molecule has 2 nitrogen and oxygen atoms in total. The van der Waals surface area contributed by atoms with E-state index in [2.05, 4.69) is 10.1 Å². The van der Waals surface area contributed by atoms with Crippen LogP contribution in [0.15, 0.2) is 42.5 Å². The number of hydrogen-bond donors (Lipinski definition) is 1. The van der Waals surface area contributed by atoms with Crippen LogP contribution in [0.1, 0.15) is 11.1 Å². The van der Waals surface area contributed by atoms with Crippen molar-refractivity contribution in [3.63, 3.8) is 0 Å². The number of aryl methyl sites for hydroxylation is 1. The van der Waals surface area contributed by atoms with Crippen molar-refractivity contribution in [3.05, 3.63) is 58.6 Å². The maximum Gasteiger partial charge on any atom is 0.573 e. The Balaban J connectivity index is 1.97. The predicted octanol–water partition coefficient (Wildman–Crippen LogP) is 5.16. The van der Waals surface area contributed by atoms with Gasteiger partial charge in [-0.1, -0.05) is 23.7 Å². The zero-order valence-electron chi connectivity index (χ0n) is 11.2. The van der Waals surface area contributed by atoms with E-state index in [1.807, 2.05) is 19.1 Å². The van der Waals surface area contributed by atoms with E-state index in [0.29, 0.717) is 11.6 Å². The summed E-state index contributed by atoms with van der Waals surface area (Å²) < 4.78 is 39.9. The summed E-state index contributed by atoms with van der Waals surface area (Å²) in [7, 11) is 0. The molecule has 0 radical (unpaired) electrons. The van der Waals surface area contributed by atoms with Crippen LogP contribution in [0, 0.1) is 6.92 Å². The molecule has 0 heterocycles. The van der Waals surface area contributed by atoms with Crippen molar-refractivity contribution >= 4 is 17.3 Å². The summed E-state index contributed by atoms with van der Waals surface area (Å²) in [6, 6.07) is 11.2. The Morgan fingerprint density at radius 1 is 1.10 bits per heavy atom. The van der Waals surface area contributed by atoms with Gasteiger partial charge in [0.05, 0.1) is 0 Å². The van der Waals surface area contributed by atoms with Crippen LogP contribution in [0.3, 0.4) is 0 Å². The number of alkyl halides is 3. The van der Waals surface area contributed by atoms with E-state index in [4.69, 9.17) is 11.6 Å². The fourth-order valence-corrected chi connectivity index (χ4v) is 2.06. The predicted molar refractivity (Wildman–Crippen MR) is 76.6 cm³/mol. The summed E-state index contributed by atoms with van der Waals surface area (Å²) in [6.07, 6.45) is -4.67. The molecule has 21 heavy (non-hydrogen) atoms. The molecule has 0 aliphatic rings. The van der Waals surface area contributed by atoms with Crippen molar-refractivity contribution < 1.29 is 17.9 Å². The number of nitrogens with one attached hydrogen (secondary N) is 1. The smallest absolute Gasteiger partial charge is 0.406 e. The summed E-state index contributed by atoms with van der Waals surface area (Å²) >= 11 is 5.87. The van der Waals surface area contributed by atoms with Gasteiger partial charge in [0.2, 0.25) is 0 Å². The molecule has 0 saturated carbocycles. The van der Waals surface area contributed by atoms with Gasteiger partial charge in [0, 0.05) is 17.3 Å². The highest BCUT2D eigenvalue weighted by Crippen LogP contribution is 2.24. The number of anilines is 1. The van der Waals surface area contributed by atoms with Crippen LogP contribution in [0.25, 0.3) is 0 Å². The minimum atomic E-state index is -4.67. The molecule has 0 saturated heterocycles. The van der Waals surface area contributed by atoms with Gasteiger partial charge in [-0.25, -0.2) is 0 Å². The Hall–Kier alpha value is -1.88. The monoisotopic (exact) mass is 315 g/mol. The van der Waals surface area contributed by atoms with Crippen LogP contribution >= 0.6 is 11.6 Å². The van der Waals surface area contributed by atoms with E-state index in [-0.39, 0.29) is 5.75 Å². The van der Waals surface area contributed by atoms with E-state index >= 15 is 0 Å². The maximum atomic E-state index is 12.0. The Morgan fingerprint density at radius 2 is 1.76 bits per heavy atom. The molecule has 0 aliphatic heterocycles. The second kappa shape index (κ2) is 6.26. The first kappa shape index (κ1) is 15.5. The molecule has 0 amide bonds. The van der Waals surface area contributed by atoms with Crippen molar-refractivity contribution in [2.24, 2.45) is 0 Å². The van der Waals surface area contributed by atoms with Crippen molar-refractivity contribution in [1.29, 1.82) is 0 Å². The van der Waals surface area contributed by atoms with Gasteiger partial charge >= 0.3 is 6.36 Å². The molecule has 0 aromatic heterocycles. The van der Waals surface area contributed by atoms with Crippen LogP contribution in [0.2, 0.25) is 5.02 Å². The first-order chi connectivity index (χ1) is 9.83. The summed E-state index contributed by atoms with van der Waals surface area (Å²) in [4.78, 5) is 0. The summed E-state index contributed by atoms with van der Waals surface area (Å²) in [5.74, 6) is -0.228. The Morgan fingerprint density at radius 3 is 2.33 bits per heavy atom. The highest BCUT2D eigenvalue weighted by molar-refractivity contribution is 6.30. The second-order valence-corrected chi connectivity index (χ2v) is 4.94. The third kappa shape index (κ3) is 4.86. The molecule has 112 valence electrons. The SMILES string of the molecule is Cc1cc(Cl)ccc1NCc1ccc(OC(F)(F)F)cc1. The lowest BCUT2D eigenvalue weighted by Crippen LogP contribution is -2.17. The molecule has 0 bridgehead atoms. The largest absolute Gasteiger partial charge is 0.573 e. The van der Waals surface area contributed by atoms with Gasteiger partial charge in [-0.05, 0) is 48.4 Å². The molecule has 1 N–H and O–H groups in total. The Labute approximate surface area is 125 Å². The van der Waals surface area contributed by atoms with Crippen LogP contribution in [-0.4, -0.2) is 6.36 Å². The molecular formula is C15H13ClF3NO. The molecule has 0 atom stereocenters. The first-order valence-electron chi connectivity index (χ1n) is 6.18. The second-order valence-electron chi connectivity index (χ2n) is 4.50. The molecule has 2 aromatic carbocycles. The Bertz CT molecular complexity index is 611. The molecule has 6 heteroatoms. The molecule has 0 spiro atoms. The van der Waals surface area contributed by atoms with Gasteiger partial charge in [0.25, 0.3) is 0 Å². The van der Waals surface area contributed by atoms with E-state index in [1.54, 1.807) is 18.2 Å². The quantitative estimate of drug-likeness (QED) is 0.841. The number of halogens is 4. The van der Waals surface area contributed by atoms with Crippen molar-refractivity contribution in [2.45, 2.75) is 19.8 Å². The fraction of sp³-hybridized carbons (Fsp3) is 0.200. The van der Waals surface area contributed by atoms with Crippen LogP contribution in [0.4, 0.5) is 18.9 Å². The van der Waals surface area contributed by atoms with Gasteiger partial charge in [-0.2, -0.15) is 0 Å². The van der Waals surface area contributed by atoms with Gasteiger partial charge < -0.3 is 10.1 Å². The zero-order chi connectivity index (χ0) is 15.5. The van der Waals surface area contributed by atoms with E-state index in [0.717, 1.165) is 16.8 Å². The third-order valence-corrected chi connectivity index (χ3v) is 3.06. The first-order valence-corrected chi connectivity index (χ1v) is 6.56. The number of benzene rings is 2. The summed E-state index contributed by atoms with van der Waals surface area (Å²) in [5.41, 5.74) is 2.77. The third-order valence-electron chi connectivity index (χ3n) is 2.83. The van der Waals surface area contributed by atoms with Crippen LogP contribution < -0.4 is 10.1 Å². The lowest BCUT2D eigenvalue weighted by atomic mass is 10.1. The summed E-state index contributed by atoms with van der Waals surface area (Å²) in [5, 5.41) is 3.86. The fourth-order valence-electron chi connectivity index (χ4n) is 1.83. The van der Waals surface area contributed by atoms with Crippen molar-refractivity contribution in [1.82, 2.24) is 0 Å². The maximum absolute atomic E-state index is 12.0. The molecule has 2 rings (SSSR count). The number of hydrogen-bond acceptors (Lipinski definition) is 2. The average Bonchev–Trinajstić information content (AvgIpc) is 2.38. The van der Waals surface area contributed by atoms with E-state index < -0.39 is 6.36 Å². The van der Waals surface area contributed by atoms with Crippen LogP contribution in [0.5, 0.6) is 5.75 Å². The minimum absolute atomic E-state index is 0.228. The highest BCUT2D eigenvalue weighted by atomic mass is 35.5. The molecule has 0 unspecified atom stereocenters. The van der Waals surface area contributed by atoms with Gasteiger partial charge in [-0.15, -0.1) is 13.2 Å². The molecule has 0 aliphatic carbocycles. The average molecular weight is 316 g/mol. The van der Waals surface area contributed by atoms with E-state index in [1.165, 1.54) is 12.1 Å². The number of rotatable bonds is 4. The summed E-state index contributed by atoms with van der Waals surface area (Å²) in [6.45, 7) is 2.42. The lowest BCUT2D eigenvalue weighted by Gasteiger charge is -2.11. The minimum Gasteiger partial charge on any atom is -0.406 e.